The van der Waals surface area contributed by atoms with E-state index in [9.17, 15) is 4.79 Å². The van der Waals surface area contributed by atoms with Crippen molar-refractivity contribution >= 4 is 17.4 Å². The van der Waals surface area contributed by atoms with Gasteiger partial charge in [0.15, 0.2) is 5.79 Å². The first-order valence-corrected chi connectivity index (χ1v) is 9.86. The summed E-state index contributed by atoms with van der Waals surface area (Å²) in [4.78, 5) is 26.0. The van der Waals surface area contributed by atoms with E-state index in [-0.39, 0.29) is 5.91 Å². The largest absolute Gasteiger partial charge is 0.356 e. The van der Waals surface area contributed by atoms with Crippen molar-refractivity contribution in [3.05, 3.63) is 47.9 Å². The molecule has 1 aromatic carbocycles. The molecule has 1 amide bonds. The van der Waals surface area contributed by atoms with Gasteiger partial charge in [-0.2, -0.15) is 0 Å². The molecule has 1 aromatic heterocycles. The van der Waals surface area contributed by atoms with E-state index in [2.05, 4.69) is 14.9 Å². The second-order valence-electron chi connectivity index (χ2n) is 7.14. The van der Waals surface area contributed by atoms with Crippen molar-refractivity contribution in [3.63, 3.8) is 0 Å². The average Bonchev–Trinajstić information content (AvgIpc) is 3.17. The Balaban J connectivity index is 1.54. The molecule has 1 spiro atoms. The van der Waals surface area contributed by atoms with Gasteiger partial charge in [-0.1, -0.05) is 18.2 Å². The Morgan fingerprint density at radius 3 is 2.46 bits per heavy atom. The van der Waals surface area contributed by atoms with E-state index in [0.717, 1.165) is 37.4 Å². The van der Waals surface area contributed by atoms with Crippen LogP contribution >= 0.6 is 0 Å². The molecule has 7 nitrogen and oxygen atoms in total. The first kappa shape index (κ1) is 18.8. The SMILES string of the molecule is CCN(C(=O)c1cc(N2CCC3(CC2)OCCO3)nc(C)n1)c1ccccc1. The fraction of sp³-hybridized carbons (Fsp3) is 0.476. The van der Waals surface area contributed by atoms with Crippen LogP contribution in [0.4, 0.5) is 11.5 Å². The monoisotopic (exact) mass is 382 g/mol. The minimum atomic E-state index is -0.427. The molecule has 0 unspecified atom stereocenters. The average molecular weight is 382 g/mol. The van der Waals surface area contributed by atoms with E-state index in [1.165, 1.54) is 0 Å². The smallest absolute Gasteiger partial charge is 0.277 e. The summed E-state index contributed by atoms with van der Waals surface area (Å²) in [6, 6.07) is 11.5. The normalized spacial score (nSPS) is 18.4. The van der Waals surface area contributed by atoms with Gasteiger partial charge in [0.05, 0.1) is 13.2 Å². The highest BCUT2D eigenvalue weighted by atomic mass is 16.7. The van der Waals surface area contributed by atoms with Gasteiger partial charge in [0, 0.05) is 44.2 Å². The van der Waals surface area contributed by atoms with Gasteiger partial charge in [-0.05, 0) is 26.0 Å². The highest BCUT2D eigenvalue weighted by molar-refractivity contribution is 6.05. The quantitative estimate of drug-likeness (QED) is 0.810. The summed E-state index contributed by atoms with van der Waals surface area (Å²) in [6.07, 6.45) is 1.59. The lowest BCUT2D eigenvalue weighted by Crippen LogP contribution is -2.45. The summed E-state index contributed by atoms with van der Waals surface area (Å²) < 4.78 is 11.6. The number of carbonyl (C=O) groups excluding carboxylic acids is 1. The number of piperidine rings is 1. The van der Waals surface area contributed by atoms with E-state index in [0.29, 0.717) is 31.3 Å². The summed E-state index contributed by atoms with van der Waals surface area (Å²) in [6.45, 7) is 7.25. The number of hydrogen-bond donors (Lipinski definition) is 0. The van der Waals surface area contributed by atoms with Crippen molar-refractivity contribution in [3.8, 4) is 0 Å². The van der Waals surface area contributed by atoms with Crippen LogP contribution in [0.1, 0.15) is 36.1 Å². The molecule has 0 bridgehead atoms. The number of hydrogen-bond acceptors (Lipinski definition) is 6. The number of para-hydroxylation sites is 1. The van der Waals surface area contributed by atoms with Crippen molar-refractivity contribution < 1.29 is 14.3 Å². The minimum Gasteiger partial charge on any atom is -0.356 e. The highest BCUT2D eigenvalue weighted by Crippen LogP contribution is 2.33. The Bertz CT molecular complexity index is 827. The van der Waals surface area contributed by atoms with Crippen molar-refractivity contribution in [2.75, 3.05) is 42.6 Å². The second kappa shape index (κ2) is 7.85. The maximum Gasteiger partial charge on any atom is 0.277 e. The number of nitrogens with zero attached hydrogens (tertiary/aromatic N) is 4. The van der Waals surface area contributed by atoms with Gasteiger partial charge < -0.3 is 19.3 Å². The van der Waals surface area contributed by atoms with Gasteiger partial charge in [-0.3, -0.25) is 4.79 Å². The summed E-state index contributed by atoms with van der Waals surface area (Å²) in [5.74, 6) is 0.839. The van der Waals surface area contributed by atoms with Crippen LogP contribution in [-0.4, -0.2) is 54.5 Å². The summed E-state index contributed by atoms with van der Waals surface area (Å²) in [7, 11) is 0. The first-order chi connectivity index (χ1) is 13.6. The predicted molar refractivity (Wildman–Crippen MR) is 107 cm³/mol. The molecule has 7 heteroatoms. The summed E-state index contributed by atoms with van der Waals surface area (Å²) in [5, 5.41) is 0. The zero-order chi connectivity index (χ0) is 19.6. The summed E-state index contributed by atoms with van der Waals surface area (Å²) in [5.41, 5.74) is 1.28. The van der Waals surface area contributed by atoms with Crippen LogP contribution in [0.25, 0.3) is 0 Å². The van der Waals surface area contributed by atoms with Gasteiger partial charge in [0.2, 0.25) is 0 Å². The fourth-order valence-electron chi connectivity index (χ4n) is 3.88. The van der Waals surface area contributed by atoms with E-state index < -0.39 is 5.79 Å². The van der Waals surface area contributed by atoms with Crippen LogP contribution in [0.3, 0.4) is 0 Å². The Morgan fingerprint density at radius 1 is 1.14 bits per heavy atom. The molecule has 0 N–H and O–H groups in total. The Morgan fingerprint density at radius 2 is 1.82 bits per heavy atom. The van der Waals surface area contributed by atoms with Crippen LogP contribution in [0.2, 0.25) is 0 Å². The zero-order valence-electron chi connectivity index (χ0n) is 16.4. The van der Waals surface area contributed by atoms with Crippen molar-refractivity contribution in [1.82, 2.24) is 9.97 Å². The standard InChI is InChI=1S/C21H26N4O3/c1-3-25(17-7-5-4-6-8-17)20(26)18-15-19(23-16(2)22-18)24-11-9-21(10-12-24)27-13-14-28-21/h4-8,15H,3,9-14H2,1-2H3. The maximum absolute atomic E-state index is 13.1. The topological polar surface area (TPSA) is 67.8 Å². The number of aromatic nitrogens is 2. The molecule has 148 valence electrons. The third-order valence-corrected chi connectivity index (χ3v) is 5.34. The van der Waals surface area contributed by atoms with Crippen molar-refractivity contribution in [2.24, 2.45) is 0 Å². The Kier molecular flexibility index (Phi) is 5.28. The van der Waals surface area contributed by atoms with Crippen LogP contribution in [-0.2, 0) is 9.47 Å². The number of anilines is 2. The van der Waals surface area contributed by atoms with Crippen LogP contribution in [0.15, 0.2) is 36.4 Å². The van der Waals surface area contributed by atoms with Crippen LogP contribution in [0.5, 0.6) is 0 Å². The van der Waals surface area contributed by atoms with Crippen molar-refractivity contribution in [1.29, 1.82) is 0 Å². The molecule has 0 atom stereocenters. The Hall–Kier alpha value is -2.51. The predicted octanol–water partition coefficient (Wildman–Crippen LogP) is 2.80. The lowest BCUT2D eigenvalue weighted by molar-refractivity contribution is -0.169. The van der Waals surface area contributed by atoms with E-state index in [1.807, 2.05) is 44.2 Å². The Labute approximate surface area is 165 Å². The molecule has 2 fully saturated rings. The molecule has 0 saturated carbocycles. The van der Waals surface area contributed by atoms with Crippen LogP contribution in [0, 0.1) is 6.92 Å². The number of ether oxygens (including phenoxy) is 2. The summed E-state index contributed by atoms with van der Waals surface area (Å²) >= 11 is 0. The molecule has 2 aromatic rings. The second-order valence-corrected chi connectivity index (χ2v) is 7.14. The third kappa shape index (κ3) is 3.72. The molecular formula is C21H26N4O3. The fourth-order valence-corrected chi connectivity index (χ4v) is 3.88. The lowest BCUT2D eigenvalue weighted by atomic mass is 10.0. The molecule has 2 aliphatic heterocycles. The van der Waals surface area contributed by atoms with E-state index in [4.69, 9.17) is 9.47 Å². The molecule has 2 aliphatic rings. The first-order valence-electron chi connectivity index (χ1n) is 9.86. The maximum atomic E-state index is 13.1. The van der Waals surface area contributed by atoms with E-state index >= 15 is 0 Å². The molecule has 2 saturated heterocycles. The highest BCUT2D eigenvalue weighted by Gasteiger charge is 2.40. The van der Waals surface area contributed by atoms with E-state index in [1.54, 1.807) is 11.0 Å². The van der Waals surface area contributed by atoms with Crippen molar-refractivity contribution in [2.45, 2.75) is 32.5 Å². The van der Waals surface area contributed by atoms with Gasteiger partial charge >= 0.3 is 0 Å². The van der Waals surface area contributed by atoms with Crippen LogP contribution < -0.4 is 9.80 Å². The molecule has 28 heavy (non-hydrogen) atoms. The number of carbonyl (C=O) groups is 1. The minimum absolute atomic E-state index is 0.114. The molecular weight excluding hydrogens is 356 g/mol. The van der Waals surface area contributed by atoms with Gasteiger partial charge in [0.25, 0.3) is 5.91 Å². The third-order valence-electron chi connectivity index (χ3n) is 5.34. The molecule has 3 heterocycles. The number of amides is 1. The number of rotatable bonds is 4. The van der Waals surface area contributed by atoms with Gasteiger partial charge in [0.1, 0.15) is 17.3 Å². The van der Waals surface area contributed by atoms with Gasteiger partial charge in [-0.15, -0.1) is 0 Å². The molecule has 0 radical (unpaired) electrons. The molecule has 0 aliphatic carbocycles. The number of benzene rings is 1. The zero-order valence-corrected chi connectivity index (χ0v) is 16.4. The molecule has 4 rings (SSSR count). The number of aryl methyl sites for hydroxylation is 1. The van der Waals surface area contributed by atoms with Gasteiger partial charge in [-0.25, -0.2) is 9.97 Å². The lowest BCUT2D eigenvalue weighted by Gasteiger charge is -2.38.